The Kier molecular flexibility index (Phi) is 6.98. The number of hydrogen-bond acceptors (Lipinski definition) is 4. The van der Waals surface area contributed by atoms with Gasteiger partial charge in [-0.05, 0) is 70.4 Å². The van der Waals surface area contributed by atoms with Gasteiger partial charge in [0.2, 0.25) is 0 Å². The number of amides is 1. The number of hydrazone groups is 1. The van der Waals surface area contributed by atoms with Crippen LogP contribution >= 0.6 is 43.5 Å². The van der Waals surface area contributed by atoms with Gasteiger partial charge in [-0.25, -0.2) is 5.43 Å². The van der Waals surface area contributed by atoms with Crippen molar-refractivity contribution < 1.29 is 13.9 Å². The van der Waals surface area contributed by atoms with Crippen LogP contribution in [0.15, 0.2) is 79.1 Å². The first kappa shape index (κ1) is 22.6. The van der Waals surface area contributed by atoms with Crippen molar-refractivity contribution in [2.75, 3.05) is 0 Å². The molecule has 0 aliphatic carbocycles. The smallest absolute Gasteiger partial charge is 0.307 e. The van der Waals surface area contributed by atoms with Gasteiger partial charge in [0.05, 0.1) is 15.7 Å². The fraction of sp³-hybridized carbons (Fsp3) is 0.0833. The van der Waals surface area contributed by atoms with Crippen molar-refractivity contribution in [2.45, 2.75) is 13.5 Å². The van der Waals surface area contributed by atoms with E-state index in [-0.39, 0.29) is 5.76 Å². The molecule has 4 aromatic rings. The Labute approximate surface area is 206 Å². The number of hydrogen-bond donors (Lipinski definition) is 1. The summed E-state index contributed by atoms with van der Waals surface area (Å²) < 4.78 is 13.0. The molecule has 1 N–H and O–H groups in total. The molecule has 0 unspecified atom stereocenters. The topological polar surface area (TPSA) is 63.8 Å². The summed E-state index contributed by atoms with van der Waals surface area (Å²) in [6.07, 6.45) is 1.50. The van der Waals surface area contributed by atoms with Gasteiger partial charge in [0.25, 0.3) is 0 Å². The third kappa shape index (κ3) is 5.41. The summed E-state index contributed by atoms with van der Waals surface area (Å²) in [6.45, 7) is 2.43. The van der Waals surface area contributed by atoms with Crippen LogP contribution in [0.5, 0.6) is 5.75 Å². The average Bonchev–Trinajstić information content (AvgIpc) is 3.16. The van der Waals surface area contributed by atoms with Gasteiger partial charge >= 0.3 is 5.91 Å². The largest absolute Gasteiger partial charge is 0.486 e. The van der Waals surface area contributed by atoms with Crippen LogP contribution in [0.4, 0.5) is 0 Å². The monoisotopic (exact) mass is 574 g/mol. The molecule has 1 heterocycles. The Morgan fingerprint density at radius 3 is 2.78 bits per heavy atom. The molecule has 32 heavy (non-hydrogen) atoms. The van der Waals surface area contributed by atoms with Gasteiger partial charge in [-0.1, -0.05) is 57.4 Å². The maximum absolute atomic E-state index is 12.3. The summed E-state index contributed by atoms with van der Waals surface area (Å²) >= 11 is 13.3. The van der Waals surface area contributed by atoms with E-state index in [0.29, 0.717) is 33.0 Å². The van der Waals surface area contributed by atoms with Crippen molar-refractivity contribution >= 4 is 66.6 Å². The molecule has 8 heteroatoms. The first-order valence-corrected chi connectivity index (χ1v) is 11.6. The number of halogens is 3. The Hall–Kier alpha value is -2.61. The number of aryl methyl sites for hydroxylation is 1. The lowest BCUT2D eigenvalue weighted by molar-refractivity contribution is 0.0929. The third-order valence-corrected chi connectivity index (χ3v) is 5.93. The first-order chi connectivity index (χ1) is 15.4. The third-order valence-electron chi connectivity index (χ3n) is 4.57. The Balaban J connectivity index is 1.41. The number of benzene rings is 3. The molecule has 4 rings (SSSR count). The summed E-state index contributed by atoms with van der Waals surface area (Å²) in [5.74, 6) is 0.272. The molecule has 0 saturated heterocycles. The Morgan fingerprint density at radius 2 is 2.00 bits per heavy atom. The minimum absolute atomic E-state index is 0.175. The van der Waals surface area contributed by atoms with E-state index in [1.54, 1.807) is 18.2 Å². The van der Waals surface area contributed by atoms with E-state index in [1.165, 1.54) is 11.8 Å². The zero-order valence-corrected chi connectivity index (χ0v) is 20.8. The molecule has 0 aliphatic rings. The molecule has 0 bridgehead atoms. The van der Waals surface area contributed by atoms with Crippen LogP contribution in [0.3, 0.4) is 0 Å². The molecular weight excluding hydrogens is 560 g/mol. The minimum atomic E-state index is -0.447. The normalized spacial score (nSPS) is 11.2. The zero-order valence-electron chi connectivity index (χ0n) is 16.9. The van der Waals surface area contributed by atoms with Crippen molar-refractivity contribution in [3.05, 3.63) is 97.1 Å². The zero-order chi connectivity index (χ0) is 22.7. The van der Waals surface area contributed by atoms with Crippen LogP contribution in [0.1, 0.15) is 27.2 Å². The SMILES string of the molecule is Cc1cccc(COc2c(Cl)cc(/C=N/NC(=O)c3cc4cc(Br)ccc4o3)cc2Br)c1. The molecule has 162 valence electrons. The average molecular weight is 577 g/mol. The highest BCUT2D eigenvalue weighted by Gasteiger charge is 2.12. The molecule has 3 aromatic carbocycles. The van der Waals surface area contributed by atoms with Crippen molar-refractivity contribution in [2.24, 2.45) is 5.10 Å². The van der Waals surface area contributed by atoms with Gasteiger partial charge in [0.1, 0.15) is 12.2 Å². The van der Waals surface area contributed by atoms with Crippen molar-refractivity contribution in [1.29, 1.82) is 0 Å². The molecule has 0 saturated carbocycles. The second kappa shape index (κ2) is 9.90. The van der Waals surface area contributed by atoms with E-state index in [1.807, 2.05) is 43.3 Å². The maximum Gasteiger partial charge on any atom is 0.307 e. The highest BCUT2D eigenvalue weighted by atomic mass is 79.9. The number of nitrogens with zero attached hydrogens (tertiary/aromatic N) is 1. The number of nitrogens with one attached hydrogen (secondary N) is 1. The molecule has 0 aliphatic heterocycles. The van der Waals surface area contributed by atoms with Gasteiger partial charge in [0, 0.05) is 9.86 Å². The maximum atomic E-state index is 12.3. The number of ether oxygens (including phenoxy) is 1. The standard InChI is InChI=1S/C24H17Br2ClN2O3/c1-14-3-2-4-15(7-14)13-31-23-19(26)8-16(9-20(23)27)12-28-29-24(30)22-11-17-10-18(25)5-6-21(17)32-22/h2-12H,13H2,1H3,(H,29,30)/b28-12+. The predicted molar refractivity (Wildman–Crippen MR) is 134 cm³/mol. The molecular formula is C24H17Br2ClN2O3. The Bertz CT molecular complexity index is 1310. The van der Waals surface area contributed by atoms with Gasteiger partial charge in [-0.3, -0.25) is 4.79 Å². The summed E-state index contributed by atoms with van der Waals surface area (Å²) in [7, 11) is 0. The summed E-state index contributed by atoms with van der Waals surface area (Å²) in [4.78, 5) is 12.3. The van der Waals surface area contributed by atoms with Crippen LogP contribution in [-0.4, -0.2) is 12.1 Å². The highest BCUT2D eigenvalue weighted by Crippen LogP contribution is 2.34. The quantitative estimate of drug-likeness (QED) is 0.194. The number of rotatable bonds is 6. The summed E-state index contributed by atoms with van der Waals surface area (Å²) in [5, 5.41) is 5.26. The molecule has 1 amide bonds. The second-order valence-electron chi connectivity index (χ2n) is 7.08. The molecule has 0 fully saturated rings. The fourth-order valence-electron chi connectivity index (χ4n) is 3.10. The van der Waals surface area contributed by atoms with E-state index in [9.17, 15) is 4.79 Å². The van der Waals surface area contributed by atoms with Gasteiger partial charge in [0.15, 0.2) is 11.5 Å². The van der Waals surface area contributed by atoms with Crippen LogP contribution in [0.2, 0.25) is 5.02 Å². The second-order valence-corrected chi connectivity index (χ2v) is 9.26. The van der Waals surface area contributed by atoms with Gasteiger partial charge < -0.3 is 9.15 Å². The number of carbonyl (C=O) groups excluding carboxylic acids is 1. The van der Waals surface area contributed by atoms with E-state index < -0.39 is 5.91 Å². The van der Waals surface area contributed by atoms with E-state index >= 15 is 0 Å². The lowest BCUT2D eigenvalue weighted by atomic mass is 10.1. The lowest BCUT2D eigenvalue weighted by Crippen LogP contribution is -2.16. The Morgan fingerprint density at radius 1 is 1.16 bits per heavy atom. The molecule has 0 atom stereocenters. The van der Waals surface area contributed by atoms with Crippen molar-refractivity contribution in [3.8, 4) is 5.75 Å². The number of fused-ring (bicyclic) bond motifs is 1. The van der Waals surface area contributed by atoms with Crippen LogP contribution in [-0.2, 0) is 6.61 Å². The van der Waals surface area contributed by atoms with E-state index in [2.05, 4.69) is 48.5 Å². The van der Waals surface area contributed by atoms with Crippen molar-refractivity contribution in [3.63, 3.8) is 0 Å². The molecule has 0 spiro atoms. The van der Waals surface area contributed by atoms with Crippen LogP contribution < -0.4 is 10.2 Å². The molecule has 0 radical (unpaired) electrons. The summed E-state index contributed by atoms with van der Waals surface area (Å²) in [5.41, 5.74) is 6.00. The highest BCUT2D eigenvalue weighted by molar-refractivity contribution is 9.10. The van der Waals surface area contributed by atoms with Crippen LogP contribution in [0, 0.1) is 6.92 Å². The predicted octanol–water partition coefficient (Wildman–Crippen LogP) is 7.26. The minimum Gasteiger partial charge on any atom is -0.486 e. The van der Waals surface area contributed by atoms with Gasteiger partial charge in [-0.15, -0.1) is 0 Å². The number of furan rings is 1. The van der Waals surface area contributed by atoms with E-state index in [4.69, 9.17) is 20.8 Å². The van der Waals surface area contributed by atoms with E-state index in [0.717, 1.165) is 15.4 Å². The van der Waals surface area contributed by atoms with Crippen LogP contribution in [0.25, 0.3) is 11.0 Å². The first-order valence-electron chi connectivity index (χ1n) is 9.59. The molecule has 5 nitrogen and oxygen atoms in total. The molecule has 1 aromatic heterocycles. The van der Waals surface area contributed by atoms with Gasteiger partial charge in [-0.2, -0.15) is 5.10 Å². The fourth-order valence-corrected chi connectivity index (χ4v) is 4.46. The number of carbonyl (C=O) groups is 1. The summed E-state index contributed by atoms with van der Waals surface area (Å²) in [6, 6.07) is 18.8. The lowest BCUT2D eigenvalue weighted by Gasteiger charge is -2.11. The van der Waals surface area contributed by atoms with Crippen molar-refractivity contribution in [1.82, 2.24) is 5.43 Å².